The van der Waals surface area contributed by atoms with Crippen LogP contribution in [0.3, 0.4) is 0 Å². The molecule has 4 rings (SSSR count). The van der Waals surface area contributed by atoms with Gasteiger partial charge < -0.3 is 9.84 Å². The minimum Gasteiger partial charge on any atom is -0.359 e. The maximum absolute atomic E-state index is 12.3. The van der Waals surface area contributed by atoms with Crippen LogP contribution in [0.15, 0.2) is 70.6 Å². The lowest BCUT2D eigenvalue weighted by atomic mass is 10.2. The van der Waals surface area contributed by atoms with Gasteiger partial charge in [0.2, 0.25) is 5.91 Å². The molecule has 0 unspecified atom stereocenters. The predicted molar refractivity (Wildman–Crippen MR) is 108 cm³/mol. The first kappa shape index (κ1) is 18.9. The fourth-order valence-corrected chi connectivity index (χ4v) is 3.50. The fraction of sp³-hybridized carbons (Fsp3) is 0.150. The van der Waals surface area contributed by atoms with E-state index in [0.29, 0.717) is 23.3 Å². The quantitative estimate of drug-likeness (QED) is 0.471. The van der Waals surface area contributed by atoms with E-state index in [1.165, 1.54) is 11.8 Å². The number of amides is 1. The molecule has 8 nitrogen and oxygen atoms in total. The highest BCUT2D eigenvalue weighted by atomic mass is 32.2. The molecule has 0 aliphatic heterocycles. The molecule has 29 heavy (non-hydrogen) atoms. The Morgan fingerprint density at radius 2 is 2.03 bits per heavy atom. The van der Waals surface area contributed by atoms with Gasteiger partial charge in [0.1, 0.15) is 0 Å². The largest absolute Gasteiger partial charge is 0.359 e. The standard InChI is InChI=1S/C20H18N6O2S/c1-14-10-17(28-25-14)12-22-18(27)13-29-20-24-23-19(15-6-5-9-21-11-15)26(20)16-7-3-2-4-8-16/h2-11H,12-13H2,1H3,(H,22,27). The predicted octanol–water partition coefficient (Wildman–Crippen LogP) is 3.03. The number of pyridine rings is 1. The van der Waals surface area contributed by atoms with E-state index in [4.69, 9.17) is 4.52 Å². The van der Waals surface area contributed by atoms with Crippen molar-refractivity contribution in [2.75, 3.05) is 5.75 Å². The Morgan fingerprint density at radius 1 is 1.17 bits per heavy atom. The van der Waals surface area contributed by atoms with Gasteiger partial charge >= 0.3 is 0 Å². The first-order valence-electron chi connectivity index (χ1n) is 8.93. The molecular weight excluding hydrogens is 388 g/mol. The Bertz CT molecular complexity index is 1090. The van der Waals surface area contributed by atoms with Crippen LogP contribution in [-0.2, 0) is 11.3 Å². The number of aromatic nitrogens is 5. The molecule has 146 valence electrons. The normalized spacial score (nSPS) is 10.8. The molecule has 3 heterocycles. The van der Waals surface area contributed by atoms with Gasteiger partial charge in [-0.2, -0.15) is 0 Å². The summed E-state index contributed by atoms with van der Waals surface area (Å²) in [4.78, 5) is 16.4. The molecule has 3 aromatic heterocycles. The van der Waals surface area contributed by atoms with Crippen molar-refractivity contribution in [3.05, 3.63) is 72.4 Å². The number of aryl methyl sites for hydroxylation is 1. The lowest BCUT2D eigenvalue weighted by Crippen LogP contribution is -2.24. The Morgan fingerprint density at radius 3 is 2.76 bits per heavy atom. The van der Waals surface area contributed by atoms with Crippen LogP contribution in [0.2, 0.25) is 0 Å². The van der Waals surface area contributed by atoms with Crippen LogP contribution in [0, 0.1) is 6.92 Å². The highest BCUT2D eigenvalue weighted by Gasteiger charge is 2.17. The van der Waals surface area contributed by atoms with Gasteiger partial charge in [-0.25, -0.2) is 0 Å². The summed E-state index contributed by atoms with van der Waals surface area (Å²) in [5.74, 6) is 1.36. The minimum atomic E-state index is -0.130. The Balaban J connectivity index is 1.51. The molecule has 1 aromatic carbocycles. The van der Waals surface area contributed by atoms with Crippen molar-refractivity contribution in [3.63, 3.8) is 0 Å². The SMILES string of the molecule is Cc1cc(CNC(=O)CSc2nnc(-c3cccnc3)n2-c2ccccc2)on1. The molecule has 1 N–H and O–H groups in total. The van der Waals surface area contributed by atoms with Crippen LogP contribution in [0.1, 0.15) is 11.5 Å². The molecule has 0 atom stereocenters. The summed E-state index contributed by atoms with van der Waals surface area (Å²) in [6.45, 7) is 2.13. The summed E-state index contributed by atoms with van der Waals surface area (Å²) >= 11 is 1.32. The number of nitrogens with one attached hydrogen (secondary N) is 1. The molecule has 0 spiro atoms. The third-order valence-corrected chi connectivity index (χ3v) is 4.97. The van der Waals surface area contributed by atoms with Crippen molar-refractivity contribution in [1.82, 2.24) is 30.2 Å². The van der Waals surface area contributed by atoms with Crippen molar-refractivity contribution in [2.45, 2.75) is 18.6 Å². The molecule has 0 saturated carbocycles. The molecule has 9 heteroatoms. The molecular formula is C20H18N6O2S. The average Bonchev–Trinajstić information content (AvgIpc) is 3.38. The third-order valence-electron chi connectivity index (χ3n) is 4.04. The van der Waals surface area contributed by atoms with Crippen molar-refractivity contribution in [1.29, 1.82) is 0 Å². The van der Waals surface area contributed by atoms with Crippen LogP contribution in [0.25, 0.3) is 17.1 Å². The monoisotopic (exact) mass is 406 g/mol. The topological polar surface area (TPSA) is 98.7 Å². The second kappa shape index (κ2) is 8.70. The maximum Gasteiger partial charge on any atom is 0.230 e. The molecule has 0 bridgehead atoms. The number of hydrogen-bond donors (Lipinski definition) is 1. The Kier molecular flexibility index (Phi) is 5.66. The van der Waals surface area contributed by atoms with Gasteiger partial charge in [0.25, 0.3) is 0 Å². The number of thioether (sulfide) groups is 1. The van der Waals surface area contributed by atoms with Crippen molar-refractivity contribution >= 4 is 17.7 Å². The van der Waals surface area contributed by atoms with E-state index in [1.54, 1.807) is 18.5 Å². The van der Waals surface area contributed by atoms with Crippen LogP contribution in [0.5, 0.6) is 0 Å². The van der Waals surface area contributed by atoms with Crippen molar-refractivity contribution in [3.8, 4) is 17.1 Å². The smallest absolute Gasteiger partial charge is 0.230 e. The lowest BCUT2D eigenvalue weighted by Gasteiger charge is -2.10. The summed E-state index contributed by atoms with van der Waals surface area (Å²) in [6.07, 6.45) is 3.45. The van der Waals surface area contributed by atoms with Gasteiger partial charge in [-0.1, -0.05) is 35.1 Å². The number of carbonyl (C=O) groups excluding carboxylic acids is 1. The van der Waals surface area contributed by atoms with E-state index in [0.717, 1.165) is 16.9 Å². The number of para-hydroxylation sites is 1. The number of carbonyl (C=O) groups is 1. The molecule has 0 fully saturated rings. The van der Waals surface area contributed by atoms with E-state index in [9.17, 15) is 4.79 Å². The fourth-order valence-electron chi connectivity index (χ4n) is 2.72. The molecule has 0 aliphatic rings. The van der Waals surface area contributed by atoms with E-state index in [-0.39, 0.29) is 11.7 Å². The van der Waals surface area contributed by atoms with Crippen LogP contribution >= 0.6 is 11.8 Å². The van der Waals surface area contributed by atoms with Crippen LogP contribution < -0.4 is 5.32 Å². The zero-order valence-electron chi connectivity index (χ0n) is 15.6. The van der Waals surface area contributed by atoms with Gasteiger partial charge in [-0.3, -0.25) is 14.3 Å². The molecule has 1 amide bonds. The molecule has 0 saturated heterocycles. The second-order valence-corrected chi connectivity index (χ2v) is 7.16. The van der Waals surface area contributed by atoms with E-state index in [1.807, 2.05) is 54.0 Å². The maximum atomic E-state index is 12.3. The first-order chi connectivity index (χ1) is 14.2. The van der Waals surface area contributed by atoms with Gasteiger partial charge in [-0.15, -0.1) is 10.2 Å². The van der Waals surface area contributed by atoms with Crippen LogP contribution in [0.4, 0.5) is 0 Å². The van der Waals surface area contributed by atoms with E-state index in [2.05, 4.69) is 25.7 Å². The Hall–Kier alpha value is -3.46. The summed E-state index contributed by atoms with van der Waals surface area (Å²) < 4.78 is 7.03. The van der Waals surface area contributed by atoms with Gasteiger partial charge in [-0.05, 0) is 31.2 Å². The van der Waals surface area contributed by atoms with Crippen LogP contribution in [-0.4, -0.2) is 36.6 Å². The average molecular weight is 406 g/mol. The second-order valence-electron chi connectivity index (χ2n) is 6.22. The zero-order valence-corrected chi connectivity index (χ0v) is 16.5. The third kappa shape index (κ3) is 4.52. The van der Waals surface area contributed by atoms with Crippen molar-refractivity contribution < 1.29 is 9.32 Å². The number of rotatable bonds is 7. The zero-order chi connectivity index (χ0) is 20.1. The summed E-state index contributed by atoms with van der Waals surface area (Å²) in [7, 11) is 0. The first-order valence-corrected chi connectivity index (χ1v) is 9.92. The highest BCUT2D eigenvalue weighted by molar-refractivity contribution is 7.99. The molecule has 4 aromatic rings. The minimum absolute atomic E-state index is 0.130. The number of nitrogens with zero attached hydrogens (tertiary/aromatic N) is 5. The van der Waals surface area contributed by atoms with Gasteiger partial charge in [0.15, 0.2) is 16.7 Å². The molecule has 0 aliphatic carbocycles. The molecule has 0 radical (unpaired) electrons. The number of hydrogen-bond acceptors (Lipinski definition) is 7. The van der Waals surface area contributed by atoms with E-state index >= 15 is 0 Å². The lowest BCUT2D eigenvalue weighted by molar-refractivity contribution is -0.118. The summed E-state index contributed by atoms with van der Waals surface area (Å²) in [5, 5.41) is 15.9. The van der Waals surface area contributed by atoms with Gasteiger partial charge in [0.05, 0.1) is 18.0 Å². The Labute approximate surface area is 171 Å². The summed E-state index contributed by atoms with van der Waals surface area (Å²) in [6, 6.07) is 15.4. The summed E-state index contributed by atoms with van der Waals surface area (Å²) in [5.41, 5.74) is 2.54. The number of benzene rings is 1. The van der Waals surface area contributed by atoms with E-state index < -0.39 is 0 Å². The van der Waals surface area contributed by atoms with Crippen molar-refractivity contribution in [2.24, 2.45) is 0 Å². The highest BCUT2D eigenvalue weighted by Crippen LogP contribution is 2.27. The van der Waals surface area contributed by atoms with Gasteiger partial charge in [0, 0.05) is 29.7 Å².